The predicted octanol–water partition coefficient (Wildman–Crippen LogP) is 5.01. The third-order valence-electron chi connectivity index (χ3n) is 6.25. The minimum atomic E-state index is -0.514. The van der Waals surface area contributed by atoms with E-state index in [9.17, 15) is 14.0 Å². The van der Waals surface area contributed by atoms with E-state index in [1.165, 1.54) is 6.07 Å². The fourth-order valence-electron chi connectivity index (χ4n) is 4.36. The van der Waals surface area contributed by atoms with E-state index in [0.717, 1.165) is 51.0 Å². The zero-order chi connectivity index (χ0) is 23.9. The second kappa shape index (κ2) is 11.2. The lowest BCUT2D eigenvalue weighted by Gasteiger charge is -2.20. The number of amides is 1. The first-order chi connectivity index (χ1) is 16.6. The SMILES string of the molecule is CCCCNC(=O)CCCOc1ccc(-c2c[nH]c3c(N4CCCC4)ccc(F)c3c2=O)cc1. The molecule has 1 aliphatic rings. The average Bonchev–Trinajstić information content (AvgIpc) is 3.38. The monoisotopic (exact) mass is 465 g/mol. The standard InChI is InChI=1S/C27H32FN3O3/c1-2-3-14-29-24(32)7-6-17-34-20-10-8-19(9-11-20)21-18-30-26-23(31-15-4-5-16-31)13-12-22(28)25(26)27(21)33/h8-13,18H,2-7,14-17H2,1H3,(H,29,32)(H,30,33). The average molecular weight is 466 g/mol. The summed E-state index contributed by atoms with van der Waals surface area (Å²) >= 11 is 0. The van der Waals surface area contributed by atoms with E-state index in [4.69, 9.17) is 4.74 Å². The van der Waals surface area contributed by atoms with Gasteiger partial charge in [0.1, 0.15) is 11.6 Å². The molecule has 180 valence electrons. The van der Waals surface area contributed by atoms with E-state index in [0.29, 0.717) is 41.8 Å². The summed E-state index contributed by atoms with van der Waals surface area (Å²) in [5.74, 6) is 0.192. The van der Waals surface area contributed by atoms with E-state index in [2.05, 4.69) is 22.1 Å². The van der Waals surface area contributed by atoms with Gasteiger partial charge in [0.05, 0.1) is 23.2 Å². The number of fused-ring (bicyclic) bond motifs is 1. The molecule has 0 radical (unpaired) electrons. The molecule has 2 aromatic carbocycles. The van der Waals surface area contributed by atoms with Gasteiger partial charge in [0.2, 0.25) is 5.91 Å². The highest BCUT2D eigenvalue weighted by Crippen LogP contribution is 2.30. The number of ether oxygens (including phenoxy) is 1. The van der Waals surface area contributed by atoms with Crippen LogP contribution >= 0.6 is 0 Å². The van der Waals surface area contributed by atoms with Crippen LogP contribution in [0.4, 0.5) is 10.1 Å². The smallest absolute Gasteiger partial charge is 0.220 e. The molecular weight excluding hydrogens is 433 g/mol. The Morgan fingerprint density at radius 3 is 2.62 bits per heavy atom. The summed E-state index contributed by atoms with van der Waals surface area (Å²) in [7, 11) is 0. The molecule has 4 rings (SSSR count). The number of hydrogen-bond acceptors (Lipinski definition) is 4. The number of H-pyrrole nitrogens is 1. The molecule has 1 fully saturated rings. The molecule has 0 saturated carbocycles. The number of nitrogens with one attached hydrogen (secondary N) is 2. The molecule has 0 spiro atoms. The highest BCUT2D eigenvalue weighted by Gasteiger charge is 2.19. The van der Waals surface area contributed by atoms with Crippen molar-refractivity contribution >= 4 is 22.5 Å². The molecule has 0 bridgehead atoms. The molecule has 0 atom stereocenters. The highest BCUT2D eigenvalue weighted by atomic mass is 19.1. The molecule has 0 unspecified atom stereocenters. The van der Waals surface area contributed by atoms with Crippen LogP contribution in [0, 0.1) is 5.82 Å². The zero-order valence-corrected chi connectivity index (χ0v) is 19.7. The Balaban J connectivity index is 1.43. The van der Waals surface area contributed by atoms with Crippen molar-refractivity contribution < 1.29 is 13.9 Å². The van der Waals surface area contributed by atoms with E-state index in [-0.39, 0.29) is 16.7 Å². The maximum atomic E-state index is 14.7. The topological polar surface area (TPSA) is 74.4 Å². The molecule has 34 heavy (non-hydrogen) atoms. The second-order valence-electron chi connectivity index (χ2n) is 8.72. The number of pyridine rings is 1. The number of rotatable bonds is 10. The van der Waals surface area contributed by atoms with Gasteiger partial charge in [-0.1, -0.05) is 25.5 Å². The van der Waals surface area contributed by atoms with Crippen molar-refractivity contribution in [3.63, 3.8) is 0 Å². The van der Waals surface area contributed by atoms with Gasteiger partial charge < -0.3 is 19.9 Å². The number of aromatic amines is 1. The fourth-order valence-corrected chi connectivity index (χ4v) is 4.36. The molecular formula is C27H32FN3O3. The predicted molar refractivity (Wildman–Crippen MR) is 134 cm³/mol. The third-order valence-corrected chi connectivity index (χ3v) is 6.25. The normalized spacial score (nSPS) is 13.4. The van der Waals surface area contributed by atoms with Crippen LogP contribution in [0.2, 0.25) is 0 Å². The Kier molecular flexibility index (Phi) is 7.83. The fraction of sp³-hybridized carbons (Fsp3) is 0.407. The first-order valence-electron chi connectivity index (χ1n) is 12.2. The summed E-state index contributed by atoms with van der Waals surface area (Å²) in [5.41, 5.74) is 2.21. The molecule has 1 aliphatic heterocycles. The van der Waals surface area contributed by atoms with Gasteiger partial charge in [0.15, 0.2) is 5.43 Å². The van der Waals surface area contributed by atoms with E-state index in [1.807, 2.05) is 0 Å². The first kappa shape index (κ1) is 23.8. The molecule has 2 heterocycles. The Bertz CT molecular complexity index is 1180. The summed E-state index contributed by atoms with van der Waals surface area (Å²) in [6.45, 7) is 5.06. The quantitative estimate of drug-likeness (QED) is 0.413. The van der Waals surface area contributed by atoms with Crippen molar-refractivity contribution in [3.8, 4) is 16.9 Å². The lowest BCUT2D eigenvalue weighted by molar-refractivity contribution is -0.121. The molecule has 6 nitrogen and oxygen atoms in total. The zero-order valence-electron chi connectivity index (χ0n) is 19.7. The van der Waals surface area contributed by atoms with Gasteiger partial charge in [0, 0.05) is 37.8 Å². The largest absolute Gasteiger partial charge is 0.494 e. The Hall–Kier alpha value is -3.35. The van der Waals surface area contributed by atoms with Crippen molar-refractivity contribution in [2.24, 2.45) is 0 Å². The molecule has 1 saturated heterocycles. The van der Waals surface area contributed by atoms with Crippen LogP contribution < -0.4 is 20.4 Å². The van der Waals surface area contributed by atoms with Crippen molar-refractivity contribution in [3.05, 3.63) is 58.6 Å². The maximum absolute atomic E-state index is 14.7. The van der Waals surface area contributed by atoms with Crippen LogP contribution in [0.5, 0.6) is 5.75 Å². The van der Waals surface area contributed by atoms with Gasteiger partial charge in [-0.25, -0.2) is 4.39 Å². The Morgan fingerprint density at radius 2 is 1.88 bits per heavy atom. The minimum absolute atomic E-state index is 0.0445. The second-order valence-corrected chi connectivity index (χ2v) is 8.72. The van der Waals surface area contributed by atoms with E-state index >= 15 is 0 Å². The first-order valence-corrected chi connectivity index (χ1v) is 12.2. The number of benzene rings is 2. The molecule has 0 aliphatic carbocycles. The number of anilines is 1. The van der Waals surface area contributed by atoms with Crippen molar-refractivity contribution in [2.75, 3.05) is 31.1 Å². The van der Waals surface area contributed by atoms with Gasteiger partial charge in [-0.05, 0) is 55.5 Å². The van der Waals surface area contributed by atoms with Crippen LogP contribution in [0.3, 0.4) is 0 Å². The Labute approximate surface area is 199 Å². The molecule has 7 heteroatoms. The lowest BCUT2D eigenvalue weighted by Crippen LogP contribution is -2.24. The molecule has 3 aromatic rings. The molecule has 1 amide bonds. The van der Waals surface area contributed by atoms with E-state index < -0.39 is 5.82 Å². The molecule has 1 aromatic heterocycles. The van der Waals surface area contributed by atoms with E-state index in [1.54, 1.807) is 36.5 Å². The number of carbonyl (C=O) groups excluding carboxylic acids is 1. The van der Waals surface area contributed by atoms with Crippen LogP contribution in [0.25, 0.3) is 22.0 Å². The Morgan fingerprint density at radius 1 is 1.12 bits per heavy atom. The lowest BCUT2D eigenvalue weighted by atomic mass is 10.0. The van der Waals surface area contributed by atoms with Crippen molar-refractivity contribution in [2.45, 2.75) is 45.4 Å². The number of carbonyl (C=O) groups is 1. The summed E-state index contributed by atoms with van der Waals surface area (Å²) < 4.78 is 20.4. The van der Waals surface area contributed by atoms with Gasteiger partial charge >= 0.3 is 0 Å². The van der Waals surface area contributed by atoms with Gasteiger partial charge in [-0.15, -0.1) is 0 Å². The van der Waals surface area contributed by atoms with Crippen molar-refractivity contribution in [1.82, 2.24) is 10.3 Å². The molecule has 2 N–H and O–H groups in total. The van der Waals surface area contributed by atoms with Crippen LogP contribution in [-0.2, 0) is 4.79 Å². The summed E-state index contributed by atoms with van der Waals surface area (Å²) in [6, 6.07) is 10.3. The summed E-state index contributed by atoms with van der Waals surface area (Å²) in [5, 5.41) is 2.99. The maximum Gasteiger partial charge on any atom is 0.220 e. The van der Waals surface area contributed by atoms with Gasteiger partial charge in [-0.3, -0.25) is 9.59 Å². The number of unbranched alkanes of at least 4 members (excludes halogenated alkanes) is 1. The van der Waals surface area contributed by atoms with Crippen LogP contribution in [-0.4, -0.2) is 37.1 Å². The highest BCUT2D eigenvalue weighted by molar-refractivity contribution is 5.93. The number of aromatic nitrogens is 1. The number of halogens is 1. The minimum Gasteiger partial charge on any atom is -0.494 e. The van der Waals surface area contributed by atoms with Crippen LogP contribution in [0.1, 0.15) is 45.4 Å². The van der Waals surface area contributed by atoms with Gasteiger partial charge in [-0.2, -0.15) is 0 Å². The summed E-state index contributed by atoms with van der Waals surface area (Å²) in [6.07, 6.45) is 6.96. The third kappa shape index (κ3) is 5.41. The van der Waals surface area contributed by atoms with Crippen molar-refractivity contribution in [1.29, 1.82) is 0 Å². The number of hydrogen-bond donors (Lipinski definition) is 2. The number of nitrogens with zero attached hydrogens (tertiary/aromatic N) is 1. The summed E-state index contributed by atoms with van der Waals surface area (Å²) in [4.78, 5) is 30.3. The van der Waals surface area contributed by atoms with Crippen LogP contribution in [0.15, 0.2) is 47.4 Å². The van der Waals surface area contributed by atoms with Gasteiger partial charge in [0.25, 0.3) is 0 Å².